The first-order valence-corrected chi connectivity index (χ1v) is 9.49. The zero-order valence-electron chi connectivity index (χ0n) is 16.3. The maximum Gasteiger partial charge on any atom is 0.318 e. The quantitative estimate of drug-likeness (QED) is 0.583. The van der Waals surface area contributed by atoms with Gasteiger partial charge in [-0.05, 0) is 48.7 Å². The Hall–Kier alpha value is -3.30. The Kier molecular flexibility index (Phi) is 6.88. The Bertz CT molecular complexity index is 1030. The van der Waals surface area contributed by atoms with Crippen molar-refractivity contribution in [2.75, 3.05) is 25.6 Å². The van der Waals surface area contributed by atoms with Gasteiger partial charge >= 0.3 is 6.01 Å². The van der Waals surface area contributed by atoms with E-state index in [1.54, 1.807) is 6.07 Å². The van der Waals surface area contributed by atoms with Crippen LogP contribution in [-0.4, -0.2) is 30.2 Å². The smallest absolute Gasteiger partial charge is 0.318 e. The van der Waals surface area contributed by atoms with Crippen LogP contribution in [-0.2, 0) is 6.42 Å². The first-order chi connectivity index (χ1) is 14.1. The van der Waals surface area contributed by atoms with Gasteiger partial charge in [0.05, 0.1) is 12.8 Å². The molecule has 3 rings (SSSR count). The lowest BCUT2D eigenvalue weighted by Gasteiger charge is -2.11. The van der Waals surface area contributed by atoms with Crippen molar-refractivity contribution in [1.82, 2.24) is 9.97 Å². The van der Waals surface area contributed by atoms with Crippen molar-refractivity contribution in [1.29, 1.82) is 5.26 Å². The van der Waals surface area contributed by atoms with E-state index in [4.69, 9.17) is 26.3 Å². The summed E-state index contributed by atoms with van der Waals surface area (Å²) in [5, 5.41) is 12.8. The Morgan fingerprint density at radius 2 is 2.00 bits per heavy atom. The molecule has 1 heterocycles. The van der Waals surface area contributed by atoms with Gasteiger partial charge in [0.2, 0.25) is 0 Å². The monoisotopic (exact) mass is 408 g/mol. The SMILES string of the molecule is COc1nc(NCCc2ccc(Cl)cc2C)cc(-c2cccc(OCC#N)c2)n1. The van der Waals surface area contributed by atoms with Gasteiger partial charge in [0.15, 0.2) is 6.61 Å². The molecule has 3 aromatic rings. The lowest BCUT2D eigenvalue weighted by Crippen LogP contribution is -2.08. The van der Waals surface area contributed by atoms with Crippen LogP contribution >= 0.6 is 11.6 Å². The van der Waals surface area contributed by atoms with E-state index < -0.39 is 0 Å². The zero-order valence-corrected chi connectivity index (χ0v) is 17.0. The fourth-order valence-electron chi connectivity index (χ4n) is 2.88. The standard InChI is InChI=1S/C22H21ClN4O2/c1-15-12-18(23)7-6-16(15)8-10-25-21-14-20(26-22(27-21)28-2)17-4-3-5-19(13-17)29-11-9-24/h3-7,12-14H,8,10-11H2,1-2H3,(H,25,26,27). The highest BCUT2D eigenvalue weighted by molar-refractivity contribution is 6.30. The summed E-state index contributed by atoms with van der Waals surface area (Å²) in [6.07, 6.45) is 0.835. The summed E-state index contributed by atoms with van der Waals surface area (Å²) in [5.74, 6) is 1.27. The summed E-state index contributed by atoms with van der Waals surface area (Å²) in [4.78, 5) is 8.80. The lowest BCUT2D eigenvalue weighted by atomic mass is 10.1. The number of halogens is 1. The predicted octanol–water partition coefficient (Wildman–Crippen LogP) is 4.67. The normalized spacial score (nSPS) is 10.3. The van der Waals surface area contributed by atoms with Crippen LogP contribution in [0.25, 0.3) is 11.3 Å². The van der Waals surface area contributed by atoms with Gasteiger partial charge in [-0.1, -0.05) is 29.8 Å². The third-order valence-electron chi connectivity index (χ3n) is 4.33. The van der Waals surface area contributed by atoms with E-state index >= 15 is 0 Å². The lowest BCUT2D eigenvalue weighted by molar-refractivity contribution is 0.368. The Balaban J connectivity index is 1.76. The molecule has 148 valence electrons. The molecule has 0 amide bonds. The van der Waals surface area contributed by atoms with Gasteiger partial charge in [-0.15, -0.1) is 0 Å². The van der Waals surface area contributed by atoms with Gasteiger partial charge in [-0.2, -0.15) is 15.2 Å². The summed E-state index contributed by atoms with van der Waals surface area (Å²) in [6, 6.07) is 17.4. The first-order valence-electron chi connectivity index (χ1n) is 9.11. The van der Waals surface area contributed by atoms with Gasteiger partial charge in [0.1, 0.15) is 17.6 Å². The van der Waals surface area contributed by atoms with Crippen LogP contribution in [0.4, 0.5) is 5.82 Å². The molecule has 0 aliphatic carbocycles. The number of aryl methyl sites for hydroxylation is 1. The van der Waals surface area contributed by atoms with E-state index in [2.05, 4.69) is 22.2 Å². The second kappa shape index (κ2) is 9.76. The number of methoxy groups -OCH3 is 1. The first kappa shape index (κ1) is 20.4. The number of rotatable bonds is 8. The molecular formula is C22H21ClN4O2. The van der Waals surface area contributed by atoms with E-state index in [9.17, 15) is 0 Å². The molecule has 0 saturated heterocycles. The highest BCUT2D eigenvalue weighted by Crippen LogP contribution is 2.26. The summed E-state index contributed by atoms with van der Waals surface area (Å²) < 4.78 is 10.6. The minimum absolute atomic E-state index is 0.00648. The number of aromatic nitrogens is 2. The van der Waals surface area contributed by atoms with Crippen molar-refractivity contribution in [3.05, 3.63) is 64.7 Å². The number of hydrogen-bond donors (Lipinski definition) is 1. The molecule has 0 bridgehead atoms. The number of nitrogens with zero attached hydrogens (tertiary/aromatic N) is 3. The molecule has 0 radical (unpaired) electrons. The van der Waals surface area contributed by atoms with Crippen molar-refractivity contribution >= 4 is 17.4 Å². The number of nitrogens with one attached hydrogen (secondary N) is 1. The van der Waals surface area contributed by atoms with Crippen molar-refractivity contribution in [2.24, 2.45) is 0 Å². The fraction of sp³-hybridized carbons (Fsp3) is 0.227. The largest absolute Gasteiger partial charge is 0.479 e. The average molecular weight is 409 g/mol. The van der Waals surface area contributed by atoms with Gasteiger partial charge < -0.3 is 14.8 Å². The number of hydrogen-bond acceptors (Lipinski definition) is 6. The van der Waals surface area contributed by atoms with Crippen molar-refractivity contribution in [2.45, 2.75) is 13.3 Å². The minimum atomic E-state index is -0.00648. The Morgan fingerprint density at radius 1 is 1.14 bits per heavy atom. The second-order valence-corrected chi connectivity index (χ2v) is 6.78. The molecule has 7 heteroatoms. The zero-order chi connectivity index (χ0) is 20.6. The van der Waals surface area contributed by atoms with Gasteiger partial charge in [0, 0.05) is 23.2 Å². The van der Waals surface area contributed by atoms with Crippen LogP contribution in [0.5, 0.6) is 11.8 Å². The van der Waals surface area contributed by atoms with Crippen molar-refractivity contribution in [3.63, 3.8) is 0 Å². The fourth-order valence-corrected chi connectivity index (χ4v) is 3.11. The molecule has 29 heavy (non-hydrogen) atoms. The molecule has 0 spiro atoms. The maximum atomic E-state index is 8.69. The van der Waals surface area contributed by atoms with E-state index in [1.807, 2.05) is 48.5 Å². The van der Waals surface area contributed by atoms with Crippen LogP contribution in [0.15, 0.2) is 48.5 Å². The molecule has 2 aromatic carbocycles. The van der Waals surface area contributed by atoms with Gasteiger partial charge in [-0.25, -0.2) is 0 Å². The molecule has 6 nitrogen and oxygen atoms in total. The van der Waals surface area contributed by atoms with E-state index in [0.29, 0.717) is 23.8 Å². The summed E-state index contributed by atoms with van der Waals surface area (Å²) in [7, 11) is 1.53. The topological polar surface area (TPSA) is 80.1 Å². The van der Waals surface area contributed by atoms with E-state index in [0.717, 1.165) is 22.6 Å². The third-order valence-corrected chi connectivity index (χ3v) is 4.56. The summed E-state index contributed by atoms with van der Waals surface area (Å²) in [5.41, 5.74) is 3.93. The van der Waals surface area contributed by atoms with E-state index in [1.165, 1.54) is 12.7 Å². The van der Waals surface area contributed by atoms with Crippen molar-refractivity contribution in [3.8, 4) is 29.1 Å². The van der Waals surface area contributed by atoms with Crippen LogP contribution in [0.3, 0.4) is 0 Å². The maximum absolute atomic E-state index is 8.69. The van der Waals surface area contributed by atoms with Crippen LogP contribution < -0.4 is 14.8 Å². The summed E-state index contributed by atoms with van der Waals surface area (Å²) >= 11 is 6.02. The van der Waals surface area contributed by atoms with Crippen molar-refractivity contribution < 1.29 is 9.47 Å². The molecule has 0 fully saturated rings. The van der Waals surface area contributed by atoms with Gasteiger partial charge in [0.25, 0.3) is 0 Å². The van der Waals surface area contributed by atoms with Gasteiger partial charge in [-0.3, -0.25) is 0 Å². The molecule has 0 unspecified atom stereocenters. The molecule has 0 atom stereocenters. The van der Waals surface area contributed by atoms with Crippen LogP contribution in [0.1, 0.15) is 11.1 Å². The molecular weight excluding hydrogens is 388 g/mol. The Morgan fingerprint density at radius 3 is 2.76 bits per heavy atom. The second-order valence-electron chi connectivity index (χ2n) is 6.35. The third kappa shape index (κ3) is 5.59. The highest BCUT2D eigenvalue weighted by Gasteiger charge is 2.09. The predicted molar refractivity (Wildman–Crippen MR) is 114 cm³/mol. The molecule has 0 aliphatic heterocycles. The average Bonchev–Trinajstić information content (AvgIpc) is 2.73. The Labute approximate surface area is 175 Å². The molecule has 0 saturated carbocycles. The van der Waals surface area contributed by atoms with E-state index in [-0.39, 0.29) is 12.6 Å². The number of ether oxygens (including phenoxy) is 2. The van der Waals surface area contributed by atoms with Crippen LogP contribution in [0.2, 0.25) is 5.02 Å². The van der Waals surface area contributed by atoms with Crippen LogP contribution in [0, 0.1) is 18.3 Å². The number of anilines is 1. The number of nitriles is 1. The molecule has 1 N–H and O–H groups in total. The molecule has 1 aromatic heterocycles. The highest BCUT2D eigenvalue weighted by atomic mass is 35.5. The minimum Gasteiger partial charge on any atom is -0.479 e. The summed E-state index contributed by atoms with van der Waals surface area (Å²) in [6.45, 7) is 2.75. The molecule has 0 aliphatic rings. The number of benzene rings is 2.